The SMILES string of the molecule is CCCCNC(=O)[C@@H](C)N1C(=O)CCn2nc(C)cc21. The zero-order valence-corrected chi connectivity index (χ0v) is 12.3. The lowest BCUT2D eigenvalue weighted by atomic mass is 10.2. The molecule has 2 rings (SSSR count). The Morgan fingerprint density at radius 3 is 3.00 bits per heavy atom. The lowest BCUT2D eigenvalue weighted by Gasteiger charge is -2.31. The third kappa shape index (κ3) is 2.84. The van der Waals surface area contributed by atoms with Crippen molar-refractivity contribution in [3.05, 3.63) is 11.8 Å². The molecule has 0 fully saturated rings. The van der Waals surface area contributed by atoms with Crippen molar-refractivity contribution in [1.29, 1.82) is 0 Å². The van der Waals surface area contributed by atoms with Crippen molar-refractivity contribution >= 4 is 17.6 Å². The van der Waals surface area contributed by atoms with Gasteiger partial charge in [-0.2, -0.15) is 5.10 Å². The van der Waals surface area contributed by atoms with Gasteiger partial charge in [0, 0.05) is 19.0 Å². The number of aromatic nitrogens is 2. The number of nitrogens with one attached hydrogen (secondary N) is 1. The van der Waals surface area contributed by atoms with Gasteiger partial charge in [0.25, 0.3) is 0 Å². The summed E-state index contributed by atoms with van der Waals surface area (Å²) < 4.78 is 1.80. The van der Waals surface area contributed by atoms with E-state index in [4.69, 9.17) is 0 Å². The van der Waals surface area contributed by atoms with Crippen LogP contribution in [0, 0.1) is 6.92 Å². The van der Waals surface area contributed by atoms with Crippen molar-refractivity contribution in [1.82, 2.24) is 15.1 Å². The predicted octanol–water partition coefficient (Wildman–Crippen LogP) is 1.23. The van der Waals surface area contributed by atoms with Crippen LogP contribution in [0.15, 0.2) is 6.07 Å². The molecule has 1 aromatic rings. The second-order valence-corrected chi connectivity index (χ2v) is 5.20. The molecule has 0 bridgehead atoms. The van der Waals surface area contributed by atoms with E-state index >= 15 is 0 Å². The quantitative estimate of drug-likeness (QED) is 0.824. The molecule has 0 saturated carbocycles. The number of amides is 2. The summed E-state index contributed by atoms with van der Waals surface area (Å²) >= 11 is 0. The van der Waals surface area contributed by atoms with Crippen LogP contribution < -0.4 is 10.2 Å². The Kier molecular flexibility index (Phi) is 4.42. The zero-order chi connectivity index (χ0) is 14.7. The summed E-state index contributed by atoms with van der Waals surface area (Å²) in [5.41, 5.74) is 0.860. The molecule has 0 saturated heterocycles. The van der Waals surface area contributed by atoms with Gasteiger partial charge in [-0.15, -0.1) is 0 Å². The van der Waals surface area contributed by atoms with Gasteiger partial charge in [-0.3, -0.25) is 14.5 Å². The third-order valence-electron chi connectivity index (χ3n) is 3.53. The van der Waals surface area contributed by atoms with Crippen LogP contribution in [0.2, 0.25) is 0 Å². The van der Waals surface area contributed by atoms with Gasteiger partial charge >= 0.3 is 0 Å². The van der Waals surface area contributed by atoms with Crippen LogP contribution in [-0.4, -0.2) is 34.2 Å². The fourth-order valence-corrected chi connectivity index (χ4v) is 2.41. The molecule has 0 radical (unpaired) electrons. The molecule has 1 aliphatic heterocycles. The maximum absolute atomic E-state index is 12.1. The first-order valence-corrected chi connectivity index (χ1v) is 7.18. The molecule has 6 nitrogen and oxygen atoms in total. The Labute approximate surface area is 119 Å². The summed E-state index contributed by atoms with van der Waals surface area (Å²) in [7, 11) is 0. The average Bonchev–Trinajstić information content (AvgIpc) is 2.78. The van der Waals surface area contributed by atoms with Crippen molar-refractivity contribution in [2.75, 3.05) is 11.4 Å². The third-order valence-corrected chi connectivity index (χ3v) is 3.53. The van der Waals surface area contributed by atoms with Gasteiger partial charge in [-0.25, -0.2) is 4.68 Å². The zero-order valence-electron chi connectivity index (χ0n) is 12.3. The summed E-state index contributed by atoms with van der Waals surface area (Å²) in [6.07, 6.45) is 2.37. The second-order valence-electron chi connectivity index (χ2n) is 5.20. The Morgan fingerprint density at radius 1 is 1.55 bits per heavy atom. The molecule has 0 spiro atoms. The van der Waals surface area contributed by atoms with Gasteiger partial charge in [0.1, 0.15) is 11.9 Å². The lowest BCUT2D eigenvalue weighted by molar-refractivity contribution is -0.126. The molecule has 1 aliphatic rings. The van der Waals surface area contributed by atoms with Crippen LogP contribution in [-0.2, 0) is 16.1 Å². The Morgan fingerprint density at radius 2 is 2.30 bits per heavy atom. The van der Waals surface area contributed by atoms with E-state index in [0.29, 0.717) is 19.5 Å². The molecular formula is C14H22N4O2. The van der Waals surface area contributed by atoms with E-state index in [2.05, 4.69) is 17.3 Å². The molecule has 1 atom stereocenters. The summed E-state index contributed by atoms with van der Waals surface area (Å²) in [6, 6.07) is 1.35. The van der Waals surface area contributed by atoms with Gasteiger partial charge in [0.2, 0.25) is 11.8 Å². The first-order chi connectivity index (χ1) is 9.54. The van der Waals surface area contributed by atoms with Gasteiger partial charge < -0.3 is 5.32 Å². The summed E-state index contributed by atoms with van der Waals surface area (Å²) in [6.45, 7) is 6.96. The largest absolute Gasteiger partial charge is 0.354 e. The summed E-state index contributed by atoms with van der Waals surface area (Å²) in [5, 5.41) is 7.22. The molecule has 6 heteroatoms. The van der Waals surface area contributed by atoms with Gasteiger partial charge in [0.05, 0.1) is 12.2 Å². The summed E-state index contributed by atoms with van der Waals surface area (Å²) in [4.78, 5) is 25.9. The van der Waals surface area contributed by atoms with E-state index in [-0.39, 0.29) is 11.8 Å². The average molecular weight is 278 g/mol. The first kappa shape index (κ1) is 14.6. The number of carbonyl (C=O) groups excluding carboxylic acids is 2. The number of nitrogens with zero attached hydrogens (tertiary/aromatic N) is 3. The van der Waals surface area contributed by atoms with E-state index in [9.17, 15) is 9.59 Å². The highest BCUT2D eigenvalue weighted by molar-refractivity contribution is 6.00. The number of hydrogen-bond donors (Lipinski definition) is 1. The molecule has 1 aromatic heterocycles. The molecule has 0 aromatic carbocycles. The number of carbonyl (C=O) groups is 2. The van der Waals surface area contributed by atoms with Crippen LogP contribution in [0.1, 0.15) is 38.8 Å². The lowest BCUT2D eigenvalue weighted by Crippen LogP contribution is -2.51. The molecule has 1 N–H and O–H groups in total. The fraction of sp³-hybridized carbons (Fsp3) is 0.643. The minimum atomic E-state index is -0.505. The number of unbranched alkanes of at least 4 members (excludes halogenated alkanes) is 1. The molecule has 2 amide bonds. The van der Waals surface area contributed by atoms with E-state index in [1.807, 2.05) is 13.0 Å². The number of fused-ring (bicyclic) bond motifs is 1. The van der Waals surface area contributed by atoms with E-state index in [0.717, 1.165) is 24.4 Å². The van der Waals surface area contributed by atoms with Crippen molar-refractivity contribution in [2.24, 2.45) is 0 Å². The minimum Gasteiger partial charge on any atom is -0.354 e. The Balaban J connectivity index is 2.14. The van der Waals surface area contributed by atoms with Crippen LogP contribution in [0.5, 0.6) is 0 Å². The van der Waals surface area contributed by atoms with E-state index in [1.54, 1.807) is 16.5 Å². The predicted molar refractivity (Wildman–Crippen MR) is 76.4 cm³/mol. The van der Waals surface area contributed by atoms with Crippen LogP contribution >= 0.6 is 0 Å². The van der Waals surface area contributed by atoms with Crippen molar-refractivity contribution < 1.29 is 9.59 Å². The standard InChI is InChI=1S/C14H22N4O2/c1-4-5-7-15-14(20)11(3)18-12-9-10(2)16-17(12)8-6-13(18)19/h9,11H,4-8H2,1-3H3,(H,15,20)/t11-/m1/s1. The molecular weight excluding hydrogens is 256 g/mol. The van der Waals surface area contributed by atoms with Crippen LogP contribution in [0.4, 0.5) is 5.82 Å². The molecule has 0 aliphatic carbocycles. The minimum absolute atomic E-state index is 0.0180. The number of aryl methyl sites for hydroxylation is 2. The van der Waals surface area contributed by atoms with Crippen LogP contribution in [0.3, 0.4) is 0 Å². The Hall–Kier alpha value is -1.85. The fourth-order valence-electron chi connectivity index (χ4n) is 2.41. The molecule has 110 valence electrons. The number of rotatable bonds is 5. The van der Waals surface area contributed by atoms with Gasteiger partial charge in [0.15, 0.2) is 0 Å². The highest BCUT2D eigenvalue weighted by Gasteiger charge is 2.32. The van der Waals surface area contributed by atoms with Crippen LogP contribution in [0.25, 0.3) is 0 Å². The smallest absolute Gasteiger partial charge is 0.242 e. The van der Waals surface area contributed by atoms with Gasteiger partial charge in [-0.05, 0) is 20.3 Å². The summed E-state index contributed by atoms with van der Waals surface area (Å²) in [5.74, 6) is 0.589. The highest BCUT2D eigenvalue weighted by Crippen LogP contribution is 2.24. The monoisotopic (exact) mass is 278 g/mol. The number of hydrogen-bond acceptors (Lipinski definition) is 3. The molecule has 0 unspecified atom stereocenters. The highest BCUT2D eigenvalue weighted by atomic mass is 16.2. The maximum atomic E-state index is 12.1. The van der Waals surface area contributed by atoms with E-state index in [1.165, 1.54) is 0 Å². The van der Waals surface area contributed by atoms with E-state index < -0.39 is 6.04 Å². The van der Waals surface area contributed by atoms with Crippen molar-refractivity contribution in [3.8, 4) is 0 Å². The first-order valence-electron chi connectivity index (χ1n) is 7.18. The maximum Gasteiger partial charge on any atom is 0.242 e. The topological polar surface area (TPSA) is 67.2 Å². The molecule has 2 heterocycles. The second kappa shape index (κ2) is 6.07. The van der Waals surface area contributed by atoms with Crippen molar-refractivity contribution in [2.45, 2.75) is 52.6 Å². The van der Waals surface area contributed by atoms with Gasteiger partial charge in [-0.1, -0.05) is 13.3 Å². The normalized spacial score (nSPS) is 15.9. The Bertz CT molecular complexity index is 509. The molecule has 20 heavy (non-hydrogen) atoms. The van der Waals surface area contributed by atoms with Crippen molar-refractivity contribution in [3.63, 3.8) is 0 Å². The number of anilines is 1.